The number of amides is 1. The van der Waals surface area contributed by atoms with Gasteiger partial charge in [-0.2, -0.15) is 14.9 Å². The van der Waals surface area contributed by atoms with Gasteiger partial charge in [-0.25, -0.2) is 14.6 Å². The second-order valence-corrected chi connectivity index (χ2v) is 9.21. The first-order valence-corrected chi connectivity index (χ1v) is 12.1. The average molecular weight is 488 g/mol. The molecule has 1 N–H and O–H groups in total. The number of aromatic nitrogens is 6. The van der Waals surface area contributed by atoms with Crippen LogP contribution in [-0.2, 0) is 11.2 Å². The topological polar surface area (TPSA) is 90.5 Å². The van der Waals surface area contributed by atoms with E-state index in [1.165, 1.54) is 17.5 Å². The molecule has 3 aromatic heterocycles. The normalized spacial score (nSPS) is 11.3. The highest BCUT2D eigenvalue weighted by molar-refractivity contribution is 5.96. The van der Waals surface area contributed by atoms with Gasteiger partial charge < -0.3 is 5.32 Å². The Bertz CT molecular complexity index is 1790. The van der Waals surface area contributed by atoms with Crippen molar-refractivity contribution in [2.24, 2.45) is 0 Å². The first-order valence-electron chi connectivity index (χ1n) is 12.1. The lowest BCUT2D eigenvalue weighted by molar-refractivity contribution is -0.115. The van der Waals surface area contributed by atoms with Gasteiger partial charge >= 0.3 is 0 Å². The van der Waals surface area contributed by atoms with Gasteiger partial charge in [0.25, 0.3) is 0 Å². The molecule has 182 valence electrons. The summed E-state index contributed by atoms with van der Waals surface area (Å²) in [7, 11) is 0. The van der Waals surface area contributed by atoms with Gasteiger partial charge in [0.15, 0.2) is 11.5 Å². The molecule has 1 amide bonds. The van der Waals surface area contributed by atoms with Crippen LogP contribution < -0.4 is 5.32 Å². The molecule has 0 bridgehead atoms. The smallest absolute Gasteiger partial charge is 0.229 e. The Morgan fingerprint density at radius 2 is 1.70 bits per heavy atom. The van der Waals surface area contributed by atoms with Gasteiger partial charge in [0.2, 0.25) is 5.91 Å². The molecular formula is C29H25N7O. The Kier molecular flexibility index (Phi) is 5.49. The predicted octanol–water partition coefficient (Wildman–Crippen LogP) is 5.26. The van der Waals surface area contributed by atoms with E-state index in [4.69, 9.17) is 0 Å². The molecule has 3 heterocycles. The average Bonchev–Trinajstić information content (AvgIpc) is 3.49. The second-order valence-electron chi connectivity index (χ2n) is 9.21. The number of anilines is 1. The molecule has 6 rings (SSSR count). The van der Waals surface area contributed by atoms with E-state index in [0.29, 0.717) is 17.3 Å². The Labute approximate surface area is 213 Å². The molecule has 3 aromatic carbocycles. The summed E-state index contributed by atoms with van der Waals surface area (Å²) in [5, 5.41) is 15.2. The SMILES string of the molecule is Cc1cc(NC(=O)Cc2cccc3ccccc23)n(-c2ncnc3c2cnn3-c2ccc(C)c(C)c2)n1. The van der Waals surface area contributed by atoms with Gasteiger partial charge in [-0.3, -0.25) is 4.79 Å². The van der Waals surface area contributed by atoms with Crippen LogP contribution in [0.1, 0.15) is 22.4 Å². The van der Waals surface area contributed by atoms with Crippen LogP contribution in [0.2, 0.25) is 0 Å². The zero-order chi connectivity index (χ0) is 25.5. The maximum atomic E-state index is 13.1. The molecule has 0 radical (unpaired) electrons. The molecule has 0 aliphatic heterocycles. The van der Waals surface area contributed by atoms with Crippen molar-refractivity contribution >= 4 is 33.5 Å². The molecular weight excluding hydrogens is 462 g/mol. The Balaban J connectivity index is 1.35. The number of carbonyl (C=O) groups excluding carboxylic acids is 1. The van der Waals surface area contributed by atoms with Crippen molar-refractivity contribution in [3.05, 3.63) is 102 Å². The molecule has 8 nitrogen and oxygen atoms in total. The number of benzene rings is 3. The minimum Gasteiger partial charge on any atom is -0.310 e. The van der Waals surface area contributed by atoms with Gasteiger partial charge in [0.1, 0.15) is 12.1 Å². The van der Waals surface area contributed by atoms with Crippen LogP contribution in [0.4, 0.5) is 5.82 Å². The number of fused-ring (bicyclic) bond motifs is 2. The van der Waals surface area contributed by atoms with Gasteiger partial charge in [0.05, 0.1) is 29.4 Å². The minimum atomic E-state index is -0.131. The Morgan fingerprint density at radius 1 is 0.865 bits per heavy atom. The summed E-state index contributed by atoms with van der Waals surface area (Å²) in [4.78, 5) is 22.1. The highest BCUT2D eigenvalue weighted by Gasteiger charge is 2.18. The lowest BCUT2D eigenvalue weighted by Gasteiger charge is -2.10. The Hall–Kier alpha value is -4.85. The van der Waals surface area contributed by atoms with Crippen LogP contribution >= 0.6 is 0 Å². The van der Waals surface area contributed by atoms with Crippen molar-refractivity contribution in [1.29, 1.82) is 0 Å². The van der Waals surface area contributed by atoms with Gasteiger partial charge in [-0.15, -0.1) is 0 Å². The largest absolute Gasteiger partial charge is 0.310 e. The van der Waals surface area contributed by atoms with Crippen molar-refractivity contribution in [1.82, 2.24) is 29.5 Å². The second kappa shape index (κ2) is 8.98. The van der Waals surface area contributed by atoms with Gasteiger partial charge in [-0.05, 0) is 60.4 Å². The minimum absolute atomic E-state index is 0.131. The summed E-state index contributed by atoms with van der Waals surface area (Å²) in [6, 6.07) is 22.1. The summed E-state index contributed by atoms with van der Waals surface area (Å²) >= 11 is 0. The molecule has 0 saturated carbocycles. The number of nitrogens with zero attached hydrogens (tertiary/aromatic N) is 6. The lowest BCUT2D eigenvalue weighted by atomic mass is 10.0. The van der Waals surface area contributed by atoms with Crippen LogP contribution in [0.15, 0.2) is 79.3 Å². The molecule has 0 spiro atoms. The fraction of sp³-hybridized carbons (Fsp3) is 0.138. The summed E-state index contributed by atoms with van der Waals surface area (Å²) in [5.41, 5.74) is 5.70. The van der Waals surface area contributed by atoms with E-state index in [1.807, 2.05) is 61.5 Å². The molecule has 0 atom stereocenters. The van der Waals surface area contributed by atoms with Crippen LogP contribution in [0, 0.1) is 20.8 Å². The molecule has 0 aliphatic rings. The zero-order valence-corrected chi connectivity index (χ0v) is 20.8. The molecule has 37 heavy (non-hydrogen) atoms. The highest BCUT2D eigenvalue weighted by Crippen LogP contribution is 2.25. The number of nitrogens with one attached hydrogen (secondary N) is 1. The first kappa shape index (κ1) is 22.6. The maximum Gasteiger partial charge on any atom is 0.229 e. The summed E-state index contributed by atoms with van der Waals surface area (Å²) < 4.78 is 3.44. The van der Waals surface area contributed by atoms with E-state index in [0.717, 1.165) is 33.1 Å². The van der Waals surface area contributed by atoms with Crippen LogP contribution in [0.25, 0.3) is 33.3 Å². The third-order valence-corrected chi connectivity index (χ3v) is 6.61. The fourth-order valence-electron chi connectivity index (χ4n) is 4.60. The fourth-order valence-corrected chi connectivity index (χ4v) is 4.60. The first-order chi connectivity index (χ1) is 18.0. The third kappa shape index (κ3) is 4.12. The number of hydrogen-bond donors (Lipinski definition) is 1. The van der Waals surface area contributed by atoms with Crippen LogP contribution in [0.3, 0.4) is 0 Å². The number of carbonyl (C=O) groups is 1. The van der Waals surface area contributed by atoms with E-state index in [1.54, 1.807) is 15.6 Å². The number of rotatable bonds is 5. The molecule has 0 saturated heterocycles. The van der Waals surface area contributed by atoms with Gasteiger partial charge in [0, 0.05) is 6.07 Å². The summed E-state index contributed by atoms with van der Waals surface area (Å²) in [6.07, 6.45) is 3.48. The monoisotopic (exact) mass is 487 g/mol. The lowest BCUT2D eigenvalue weighted by Crippen LogP contribution is -2.17. The predicted molar refractivity (Wildman–Crippen MR) is 144 cm³/mol. The standard InChI is InChI=1S/C29H25N7O/c1-18-11-12-23(13-19(18)2)35-28-25(16-32-35)29(31-17-30-28)36-26(14-20(3)34-36)33-27(37)15-22-9-6-8-21-7-4-5-10-24(21)22/h4-14,16-17H,15H2,1-3H3,(H,33,37). The summed E-state index contributed by atoms with van der Waals surface area (Å²) in [6.45, 7) is 6.04. The number of aryl methyl sites for hydroxylation is 3. The third-order valence-electron chi connectivity index (χ3n) is 6.61. The molecule has 0 aliphatic carbocycles. The van der Waals surface area contributed by atoms with Crippen LogP contribution in [0.5, 0.6) is 0 Å². The van der Waals surface area contributed by atoms with E-state index >= 15 is 0 Å². The quantitative estimate of drug-likeness (QED) is 0.358. The van der Waals surface area contributed by atoms with Crippen molar-refractivity contribution < 1.29 is 4.79 Å². The van der Waals surface area contributed by atoms with E-state index in [2.05, 4.69) is 51.5 Å². The summed E-state index contributed by atoms with van der Waals surface area (Å²) in [5.74, 6) is 0.962. The molecule has 0 unspecified atom stereocenters. The van der Waals surface area contributed by atoms with Crippen molar-refractivity contribution in [2.45, 2.75) is 27.2 Å². The van der Waals surface area contributed by atoms with E-state index in [9.17, 15) is 4.79 Å². The van der Waals surface area contributed by atoms with Crippen molar-refractivity contribution in [2.75, 3.05) is 5.32 Å². The Morgan fingerprint density at radius 3 is 2.57 bits per heavy atom. The van der Waals surface area contributed by atoms with E-state index < -0.39 is 0 Å². The highest BCUT2D eigenvalue weighted by atomic mass is 16.1. The van der Waals surface area contributed by atoms with Crippen molar-refractivity contribution in [3.8, 4) is 11.5 Å². The van der Waals surface area contributed by atoms with Crippen LogP contribution in [-0.4, -0.2) is 35.4 Å². The maximum absolute atomic E-state index is 13.1. The van der Waals surface area contributed by atoms with Crippen molar-refractivity contribution in [3.63, 3.8) is 0 Å². The van der Waals surface area contributed by atoms with Gasteiger partial charge in [-0.1, -0.05) is 48.5 Å². The zero-order valence-electron chi connectivity index (χ0n) is 20.8. The molecule has 0 fully saturated rings. The molecule has 6 aromatic rings. The number of hydrogen-bond acceptors (Lipinski definition) is 5. The molecule has 8 heteroatoms. The van der Waals surface area contributed by atoms with E-state index in [-0.39, 0.29) is 12.3 Å².